The van der Waals surface area contributed by atoms with Gasteiger partial charge in [-0.2, -0.15) is 0 Å². The zero-order valence-corrected chi connectivity index (χ0v) is 35.8. The standard InChI is InChI=1S/C60H46N2O2/c1-3-11-48-39(7-1)53-37(9-5-13-50(53)63-48)43-24-44(38-10-6-14-51-54(38)40-8-2-4-12-49(40)64-51)56-57-47(28-61-58-34-21-36-22-35-20-33(52(57)58)26-60(35,36)27-34)62-46-25-42-32-18-29-15-30(19-32)17-31(16-29)41(42)23-45(46)55(43)59(56)62/h1-14,23-25,28-36H,15-22,26-27H2. The van der Waals surface area contributed by atoms with Crippen molar-refractivity contribution in [3.8, 4) is 22.3 Å². The van der Waals surface area contributed by atoms with Crippen LogP contribution in [0, 0.1) is 29.1 Å². The van der Waals surface area contributed by atoms with E-state index >= 15 is 0 Å². The molecule has 0 N–H and O–H groups in total. The molecule has 7 bridgehead atoms. The summed E-state index contributed by atoms with van der Waals surface area (Å²) in [5.41, 5.74) is 19.9. The van der Waals surface area contributed by atoms with E-state index in [0.29, 0.717) is 29.1 Å². The van der Waals surface area contributed by atoms with Crippen LogP contribution in [-0.2, 0) is 0 Å². The van der Waals surface area contributed by atoms with Crippen LogP contribution in [0.1, 0.15) is 110 Å². The molecule has 5 saturated carbocycles. The Morgan fingerprint density at radius 1 is 0.469 bits per heavy atom. The van der Waals surface area contributed by atoms with Gasteiger partial charge in [0.15, 0.2) is 0 Å². The van der Waals surface area contributed by atoms with E-state index in [9.17, 15) is 0 Å². The first-order valence-electron chi connectivity index (χ1n) is 24.7. The number of hydrogen-bond donors (Lipinski definition) is 0. The lowest BCUT2D eigenvalue weighted by Gasteiger charge is -2.48. The fraction of sp³-hybridized carbons (Fsp3) is 0.317. The summed E-state index contributed by atoms with van der Waals surface area (Å²) in [6.45, 7) is 0. The predicted octanol–water partition coefficient (Wildman–Crippen LogP) is 16.1. The van der Waals surface area contributed by atoms with Gasteiger partial charge in [-0.15, -0.1) is 0 Å². The van der Waals surface area contributed by atoms with Gasteiger partial charge in [-0.05, 0) is 192 Å². The van der Waals surface area contributed by atoms with Crippen LogP contribution in [0.25, 0.3) is 104 Å². The van der Waals surface area contributed by atoms with E-state index < -0.39 is 0 Å². The Labute approximate surface area is 369 Å². The molecular formula is C60H46N2O2. The molecule has 4 heteroatoms. The number of pyridine rings is 1. The normalized spacial score (nSPS) is 29.6. The highest BCUT2D eigenvalue weighted by atomic mass is 16.3. The number of rotatable bonds is 2. The summed E-state index contributed by atoms with van der Waals surface area (Å²) >= 11 is 0. The smallest absolute Gasteiger partial charge is 0.136 e. The van der Waals surface area contributed by atoms with Crippen LogP contribution in [0.2, 0.25) is 0 Å². The fourth-order valence-corrected chi connectivity index (χ4v) is 17.6. The van der Waals surface area contributed by atoms with Crippen molar-refractivity contribution in [3.05, 3.63) is 132 Å². The fourth-order valence-electron chi connectivity index (χ4n) is 17.6. The lowest BCUT2D eigenvalue weighted by atomic mass is 9.56. The van der Waals surface area contributed by atoms with Crippen molar-refractivity contribution in [3.63, 3.8) is 0 Å². The van der Waals surface area contributed by atoms with Crippen molar-refractivity contribution < 1.29 is 8.83 Å². The average molecular weight is 827 g/mol. The van der Waals surface area contributed by atoms with Crippen molar-refractivity contribution in [2.75, 3.05) is 0 Å². The van der Waals surface area contributed by atoms with Gasteiger partial charge in [0, 0.05) is 54.7 Å². The van der Waals surface area contributed by atoms with Crippen LogP contribution in [-0.4, -0.2) is 9.38 Å². The van der Waals surface area contributed by atoms with Gasteiger partial charge in [-0.3, -0.25) is 4.98 Å². The molecule has 0 saturated heterocycles. The number of para-hydroxylation sites is 2. The molecule has 5 fully saturated rings. The van der Waals surface area contributed by atoms with Crippen molar-refractivity contribution in [2.45, 2.75) is 87.9 Å². The third-order valence-electron chi connectivity index (χ3n) is 19.6. The van der Waals surface area contributed by atoms with E-state index in [4.69, 9.17) is 13.8 Å². The topological polar surface area (TPSA) is 43.6 Å². The summed E-state index contributed by atoms with van der Waals surface area (Å²) in [4.78, 5) is 5.71. The largest absolute Gasteiger partial charge is 0.456 e. The zero-order valence-electron chi connectivity index (χ0n) is 35.8. The summed E-state index contributed by atoms with van der Waals surface area (Å²) in [5, 5.41) is 10.5. The summed E-state index contributed by atoms with van der Waals surface area (Å²) < 4.78 is 16.1. The lowest BCUT2D eigenvalue weighted by molar-refractivity contribution is 0.00321. The predicted molar refractivity (Wildman–Crippen MR) is 258 cm³/mol. The maximum atomic E-state index is 6.70. The van der Waals surface area contributed by atoms with Gasteiger partial charge in [0.25, 0.3) is 0 Å². The number of aromatic nitrogens is 2. The monoisotopic (exact) mass is 826 g/mol. The molecule has 7 unspecified atom stereocenters. The van der Waals surface area contributed by atoms with Gasteiger partial charge in [0.1, 0.15) is 22.3 Å². The minimum atomic E-state index is 0.551. The van der Waals surface area contributed by atoms with Crippen LogP contribution in [0.4, 0.5) is 0 Å². The molecule has 8 aliphatic carbocycles. The van der Waals surface area contributed by atoms with Crippen LogP contribution >= 0.6 is 0 Å². The van der Waals surface area contributed by atoms with Crippen molar-refractivity contribution >= 4 is 82.0 Å². The first-order valence-corrected chi connectivity index (χ1v) is 24.7. The molecule has 5 heterocycles. The average Bonchev–Trinajstić information content (AvgIpc) is 4.13. The molecule has 1 spiro atoms. The van der Waals surface area contributed by atoms with Crippen LogP contribution in [0.5, 0.6) is 0 Å². The molecule has 0 aliphatic heterocycles. The highest BCUT2D eigenvalue weighted by Crippen LogP contribution is 2.76. The van der Waals surface area contributed by atoms with Gasteiger partial charge in [-0.25, -0.2) is 0 Å². The summed E-state index contributed by atoms with van der Waals surface area (Å²) in [6, 6.07) is 39.0. The Kier molecular flexibility index (Phi) is 5.75. The maximum Gasteiger partial charge on any atom is 0.136 e. The van der Waals surface area contributed by atoms with E-state index in [1.54, 1.807) is 16.7 Å². The SMILES string of the molecule is c1ccc2c(c1)oc1cccc(-c3cc(-c4cccc5oc6ccccc6c45)c4c5c6c(ncc5n5c7cc8c(cc7c3c45)C3CC4CC(C3)CC8C4)C3CC4CC5CC6CC45C3)c12. The van der Waals surface area contributed by atoms with Gasteiger partial charge < -0.3 is 13.2 Å². The van der Waals surface area contributed by atoms with Gasteiger partial charge in [0.05, 0.1) is 22.7 Å². The van der Waals surface area contributed by atoms with Crippen LogP contribution in [0.15, 0.2) is 118 Å². The highest BCUT2D eigenvalue weighted by molar-refractivity contribution is 6.33. The first-order chi connectivity index (χ1) is 31.6. The first kappa shape index (κ1) is 33.4. The van der Waals surface area contributed by atoms with Crippen LogP contribution < -0.4 is 0 Å². The quantitative estimate of drug-likeness (QED) is 0.174. The third-order valence-corrected chi connectivity index (χ3v) is 19.6. The number of benzene rings is 6. The molecule has 5 aromatic heterocycles. The van der Waals surface area contributed by atoms with Crippen LogP contribution in [0.3, 0.4) is 0 Å². The molecule has 8 aliphatic rings. The van der Waals surface area contributed by atoms with Gasteiger partial charge in [-0.1, -0.05) is 60.7 Å². The molecule has 0 radical (unpaired) electrons. The summed E-state index contributed by atoms with van der Waals surface area (Å²) in [5.74, 6) is 6.00. The molecule has 6 aromatic carbocycles. The maximum absolute atomic E-state index is 6.70. The van der Waals surface area contributed by atoms with E-state index in [2.05, 4.69) is 114 Å². The lowest BCUT2D eigenvalue weighted by Crippen LogP contribution is -2.41. The number of furan rings is 2. The third kappa shape index (κ3) is 3.78. The molecule has 64 heavy (non-hydrogen) atoms. The van der Waals surface area contributed by atoms with E-state index in [-0.39, 0.29) is 0 Å². The highest BCUT2D eigenvalue weighted by Gasteiger charge is 2.66. The Hall–Kier alpha value is -6.13. The second kappa shape index (κ2) is 11.0. The molecule has 19 rings (SSSR count). The Balaban J connectivity index is 1.07. The second-order valence-electron chi connectivity index (χ2n) is 22.2. The number of hydrogen-bond acceptors (Lipinski definition) is 3. The molecule has 4 nitrogen and oxygen atoms in total. The summed E-state index contributed by atoms with van der Waals surface area (Å²) in [7, 11) is 0. The van der Waals surface area contributed by atoms with E-state index in [1.807, 2.05) is 0 Å². The van der Waals surface area contributed by atoms with Gasteiger partial charge >= 0.3 is 0 Å². The molecular weight excluding hydrogens is 781 g/mol. The van der Waals surface area contributed by atoms with E-state index in [0.717, 1.165) is 46.0 Å². The van der Waals surface area contributed by atoms with Crippen molar-refractivity contribution in [2.24, 2.45) is 29.1 Å². The second-order valence-corrected chi connectivity index (χ2v) is 22.2. The summed E-state index contributed by atoms with van der Waals surface area (Å²) in [6.07, 6.45) is 16.1. The number of fused-ring (bicyclic) bond motifs is 18. The Morgan fingerprint density at radius 3 is 1.78 bits per heavy atom. The Morgan fingerprint density at radius 2 is 1.08 bits per heavy atom. The minimum absolute atomic E-state index is 0.551. The van der Waals surface area contributed by atoms with Crippen molar-refractivity contribution in [1.29, 1.82) is 0 Å². The Bertz CT molecular complexity index is 3940. The van der Waals surface area contributed by atoms with Gasteiger partial charge in [0.2, 0.25) is 0 Å². The van der Waals surface area contributed by atoms with E-state index in [1.165, 1.54) is 152 Å². The zero-order chi connectivity index (χ0) is 40.9. The van der Waals surface area contributed by atoms with Crippen molar-refractivity contribution in [1.82, 2.24) is 9.38 Å². The molecule has 0 amide bonds. The number of nitrogens with zero attached hydrogens (tertiary/aromatic N) is 2. The molecule has 7 atom stereocenters. The molecule has 11 aromatic rings. The molecule has 308 valence electrons. The minimum Gasteiger partial charge on any atom is -0.456 e.